The van der Waals surface area contributed by atoms with E-state index in [-0.39, 0.29) is 11.6 Å². The Labute approximate surface area is 107 Å². The van der Waals surface area contributed by atoms with Gasteiger partial charge in [0.05, 0.1) is 12.5 Å². The highest BCUT2D eigenvalue weighted by molar-refractivity contribution is 6.11. The Morgan fingerprint density at radius 3 is 2.94 bits per heavy atom. The van der Waals surface area contributed by atoms with Gasteiger partial charge in [0.15, 0.2) is 5.78 Å². The molecule has 0 fully saturated rings. The number of rotatable bonds is 4. The summed E-state index contributed by atoms with van der Waals surface area (Å²) in [5.74, 6) is -0.466. The van der Waals surface area contributed by atoms with Gasteiger partial charge in [0.25, 0.3) is 0 Å². The van der Waals surface area contributed by atoms with E-state index in [4.69, 9.17) is 4.74 Å². The van der Waals surface area contributed by atoms with Crippen molar-refractivity contribution in [2.45, 2.75) is 25.7 Å². The Morgan fingerprint density at radius 2 is 2.17 bits per heavy atom. The van der Waals surface area contributed by atoms with Crippen LogP contribution in [-0.4, -0.2) is 25.3 Å². The standard InChI is InChI=1S/C15H18O3/c1-18-10-9-14(16)13-8-4-6-11-5-2-3-7-12(11)15(13)17/h2-3,5,7,13H,4,6,8-10H2,1H3. The van der Waals surface area contributed by atoms with Gasteiger partial charge in [-0.2, -0.15) is 0 Å². The zero-order valence-electron chi connectivity index (χ0n) is 10.6. The molecule has 0 aromatic heterocycles. The first-order chi connectivity index (χ1) is 8.74. The van der Waals surface area contributed by atoms with Crippen molar-refractivity contribution in [3.8, 4) is 0 Å². The van der Waals surface area contributed by atoms with Crippen molar-refractivity contribution in [1.82, 2.24) is 0 Å². The van der Waals surface area contributed by atoms with Gasteiger partial charge >= 0.3 is 0 Å². The largest absolute Gasteiger partial charge is 0.384 e. The Hall–Kier alpha value is -1.48. The maximum absolute atomic E-state index is 12.4. The van der Waals surface area contributed by atoms with Gasteiger partial charge in [-0.05, 0) is 24.8 Å². The van der Waals surface area contributed by atoms with Crippen molar-refractivity contribution < 1.29 is 14.3 Å². The summed E-state index contributed by atoms with van der Waals surface area (Å²) >= 11 is 0. The number of ketones is 2. The van der Waals surface area contributed by atoms with Gasteiger partial charge < -0.3 is 4.74 Å². The number of hydrogen-bond donors (Lipinski definition) is 0. The van der Waals surface area contributed by atoms with E-state index in [0.717, 1.165) is 24.0 Å². The lowest BCUT2D eigenvalue weighted by Gasteiger charge is -2.12. The van der Waals surface area contributed by atoms with Crippen LogP contribution in [0.1, 0.15) is 35.2 Å². The molecule has 96 valence electrons. The quantitative estimate of drug-likeness (QED) is 0.605. The van der Waals surface area contributed by atoms with Gasteiger partial charge in [-0.3, -0.25) is 9.59 Å². The molecule has 1 unspecified atom stereocenters. The molecule has 0 spiro atoms. The van der Waals surface area contributed by atoms with Crippen molar-refractivity contribution >= 4 is 11.6 Å². The molecule has 0 aliphatic heterocycles. The number of Topliss-reactive ketones (excluding diaryl/α,β-unsaturated/α-hetero) is 2. The Morgan fingerprint density at radius 1 is 1.39 bits per heavy atom. The Kier molecular flexibility index (Phi) is 4.26. The molecule has 1 aliphatic carbocycles. The zero-order chi connectivity index (χ0) is 13.0. The maximum atomic E-state index is 12.4. The van der Waals surface area contributed by atoms with Crippen molar-refractivity contribution in [3.63, 3.8) is 0 Å². The SMILES string of the molecule is COCCC(=O)C1CCCc2ccccc2C1=O. The molecule has 0 amide bonds. The smallest absolute Gasteiger partial charge is 0.173 e. The van der Waals surface area contributed by atoms with Crippen LogP contribution in [0.15, 0.2) is 24.3 Å². The van der Waals surface area contributed by atoms with Gasteiger partial charge in [-0.25, -0.2) is 0 Å². The molecule has 1 atom stereocenters. The van der Waals surface area contributed by atoms with E-state index in [1.165, 1.54) is 0 Å². The van der Waals surface area contributed by atoms with Crippen LogP contribution >= 0.6 is 0 Å². The van der Waals surface area contributed by atoms with Crippen LogP contribution in [0, 0.1) is 5.92 Å². The lowest BCUT2D eigenvalue weighted by molar-refractivity contribution is -0.122. The van der Waals surface area contributed by atoms with Crippen LogP contribution in [-0.2, 0) is 16.0 Å². The van der Waals surface area contributed by atoms with Crippen LogP contribution in [0.5, 0.6) is 0 Å². The third-order valence-electron chi connectivity index (χ3n) is 3.48. The summed E-state index contributed by atoms with van der Waals surface area (Å²) in [6, 6.07) is 7.62. The topological polar surface area (TPSA) is 43.4 Å². The highest BCUT2D eigenvalue weighted by Gasteiger charge is 2.30. The highest BCUT2D eigenvalue weighted by Crippen LogP contribution is 2.25. The summed E-state index contributed by atoms with van der Waals surface area (Å²) in [5.41, 5.74) is 1.80. The van der Waals surface area contributed by atoms with E-state index < -0.39 is 5.92 Å². The number of ether oxygens (including phenoxy) is 1. The number of benzene rings is 1. The minimum absolute atomic E-state index is 0.01000. The van der Waals surface area contributed by atoms with Gasteiger partial charge in [0.2, 0.25) is 0 Å². The monoisotopic (exact) mass is 246 g/mol. The van der Waals surface area contributed by atoms with Crippen LogP contribution in [0.25, 0.3) is 0 Å². The summed E-state index contributed by atoms with van der Waals surface area (Å²) in [6.45, 7) is 0.393. The lowest BCUT2D eigenvalue weighted by atomic mass is 9.90. The third kappa shape index (κ3) is 2.67. The number of aryl methyl sites for hydroxylation is 1. The fourth-order valence-electron chi connectivity index (χ4n) is 2.48. The molecule has 3 nitrogen and oxygen atoms in total. The number of carbonyl (C=O) groups is 2. The second-order valence-electron chi connectivity index (χ2n) is 4.68. The molecule has 0 saturated heterocycles. The second kappa shape index (κ2) is 5.91. The molecule has 0 N–H and O–H groups in total. The fourth-order valence-corrected chi connectivity index (χ4v) is 2.48. The average molecular weight is 246 g/mol. The van der Waals surface area contributed by atoms with Gasteiger partial charge in [-0.1, -0.05) is 24.3 Å². The van der Waals surface area contributed by atoms with Crippen LogP contribution < -0.4 is 0 Å². The summed E-state index contributed by atoms with van der Waals surface area (Å²) < 4.78 is 4.91. The van der Waals surface area contributed by atoms with Crippen LogP contribution in [0.4, 0.5) is 0 Å². The summed E-state index contributed by atoms with van der Waals surface area (Å²) in [5, 5.41) is 0. The molecule has 0 heterocycles. The molecule has 1 aliphatic rings. The molecule has 1 aromatic rings. The summed E-state index contributed by atoms with van der Waals surface area (Å²) in [7, 11) is 1.57. The molecule has 1 aromatic carbocycles. The first-order valence-corrected chi connectivity index (χ1v) is 6.38. The minimum Gasteiger partial charge on any atom is -0.384 e. The summed E-state index contributed by atoms with van der Waals surface area (Å²) in [4.78, 5) is 24.4. The zero-order valence-corrected chi connectivity index (χ0v) is 10.6. The molecular weight excluding hydrogens is 228 g/mol. The molecule has 0 bridgehead atoms. The van der Waals surface area contributed by atoms with E-state index in [2.05, 4.69) is 0 Å². The first-order valence-electron chi connectivity index (χ1n) is 6.38. The number of methoxy groups -OCH3 is 1. The van der Waals surface area contributed by atoms with Gasteiger partial charge in [-0.15, -0.1) is 0 Å². The van der Waals surface area contributed by atoms with Gasteiger partial charge in [0, 0.05) is 19.1 Å². The maximum Gasteiger partial charge on any atom is 0.173 e. The molecule has 3 heteroatoms. The van der Waals surface area contributed by atoms with E-state index >= 15 is 0 Å². The Balaban J connectivity index is 2.20. The third-order valence-corrected chi connectivity index (χ3v) is 3.48. The second-order valence-corrected chi connectivity index (χ2v) is 4.68. The predicted octanol–water partition coefficient (Wildman–Crippen LogP) is 2.43. The highest BCUT2D eigenvalue weighted by atomic mass is 16.5. The lowest BCUT2D eigenvalue weighted by Crippen LogP contribution is -2.24. The van der Waals surface area contributed by atoms with Crippen LogP contribution in [0.2, 0.25) is 0 Å². The van der Waals surface area contributed by atoms with Crippen molar-refractivity contribution in [3.05, 3.63) is 35.4 Å². The molecule has 2 rings (SSSR count). The number of hydrogen-bond acceptors (Lipinski definition) is 3. The fraction of sp³-hybridized carbons (Fsp3) is 0.467. The van der Waals surface area contributed by atoms with E-state index in [9.17, 15) is 9.59 Å². The number of carbonyl (C=O) groups excluding carboxylic acids is 2. The van der Waals surface area contributed by atoms with E-state index in [0.29, 0.717) is 19.4 Å². The predicted molar refractivity (Wildman–Crippen MR) is 68.7 cm³/mol. The summed E-state index contributed by atoms with van der Waals surface area (Å²) in [6.07, 6.45) is 2.77. The van der Waals surface area contributed by atoms with Crippen LogP contribution in [0.3, 0.4) is 0 Å². The minimum atomic E-state index is -0.469. The Bertz CT molecular complexity index is 451. The van der Waals surface area contributed by atoms with Crippen molar-refractivity contribution in [1.29, 1.82) is 0 Å². The van der Waals surface area contributed by atoms with Crippen molar-refractivity contribution in [2.75, 3.05) is 13.7 Å². The molecule has 0 radical (unpaired) electrons. The van der Waals surface area contributed by atoms with E-state index in [1.54, 1.807) is 7.11 Å². The normalized spacial score (nSPS) is 19.2. The average Bonchev–Trinajstić information content (AvgIpc) is 2.56. The first kappa shape index (κ1) is 13.0. The molecule has 18 heavy (non-hydrogen) atoms. The number of fused-ring (bicyclic) bond motifs is 1. The molecule has 0 saturated carbocycles. The molecular formula is C15H18O3. The van der Waals surface area contributed by atoms with Gasteiger partial charge in [0.1, 0.15) is 5.78 Å². The van der Waals surface area contributed by atoms with E-state index in [1.807, 2.05) is 24.3 Å². The van der Waals surface area contributed by atoms with Crippen molar-refractivity contribution in [2.24, 2.45) is 5.92 Å².